The highest BCUT2D eigenvalue weighted by Gasteiger charge is 2.06. The van der Waals surface area contributed by atoms with Gasteiger partial charge < -0.3 is 9.84 Å². The Labute approximate surface area is 73.0 Å². The van der Waals surface area contributed by atoms with Gasteiger partial charge in [-0.3, -0.25) is 0 Å². The predicted molar refractivity (Wildman–Crippen MR) is 48.7 cm³/mol. The van der Waals surface area contributed by atoms with Gasteiger partial charge in [0.15, 0.2) is 0 Å². The van der Waals surface area contributed by atoms with Gasteiger partial charge in [-0.2, -0.15) is 0 Å². The third-order valence-electron chi connectivity index (χ3n) is 1.62. The Kier molecular flexibility index (Phi) is 3.54. The van der Waals surface area contributed by atoms with E-state index in [9.17, 15) is 0 Å². The molecular formula is C9H15NO2. The van der Waals surface area contributed by atoms with Crippen molar-refractivity contribution in [3.8, 4) is 11.6 Å². The van der Waals surface area contributed by atoms with Crippen LogP contribution < -0.4 is 4.74 Å². The van der Waals surface area contributed by atoms with Crippen molar-refractivity contribution < 1.29 is 9.84 Å². The molecule has 1 N–H and O–H groups in total. The van der Waals surface area contributed by atoms with Gasteiger partial charge in [0, 0.05) is 11.8 Å². The number of rotatable bonds is 1. The smallest absolute Gasteiger partial charge is 0.217 e. The molecule has 1 rings (SSSR count). The van der Waals surface area contributed by atoms with E-state index in [1.54, 1.807) is 20.2 Å². The Morgan fingerprint density at radius 2 is 2.00 bits per heavy atom. The van der Waals surface area contributed by atoms with E-state index in [-0.39, 0.29) is 13.3 Å². The fourth-order valence-electron chi connectivity index (χ4n) is 1.02. The molecule has 0 atom stereocenters. The van der Waals surface area contributed by atoms with Crippen molar-refractivity contribution >= 4 is 0 Å². The maximum absolute atomic E-state index is 9.16. The summed E-state index contributed by atoms with van der Waals surface area (Å²) >= 11 is 0. The third-order valence-corrected chi connectivity index (χ3v) is 1.62. The number of nitrogens with zero attached hydrogens (tertiary/aromatic N) is 1. The molecule has 68 valence electrons. The summed E-state index contributed by atoms with van der Waals surface area (Å²) in [7, 11) is 1.58. The SMILES string of the molecule is C.COc1c(C)cnc(O)c1C. The molecule has 1 heterocycles. The quantitative estimate of drug-likeness (QED) is 0.699. The Morgan fingerprint density at radius 1 is 1.42 bits per heavy atom. The van der Waals surface area contributed by atoms with Crippen LogP contribution in [-0.4, -0.2) is 17.2 Å². The first kappa shape index (κ1) is 10.8. The van der Waals surface area contributed by atoms with Crippen LogP contribution in [0.4, 0.5) is 0 Å². The average molecular weight is 169 g/mol. The van der Waals surface area contributed by atoms with Crippen molar-refractivity contribution in [2.75, 3.05) is 7.11 Å². The molecule has 0 amide bonds. The summed E-state index contributed by atoms with van der Waals surface area (Å²) in [4.78, 5) is 3.76. The van der Waals surface area contributed by atoms with Gasteiger partial charge in [-0.1, -0.05) is 7.43 Å². The molecule has 3 heteroatoms. The minimum absolute atomic E-state index is 0. The van der Waals surface area contributed by atoms with E-state index in [0.29, 0.717) is 11.3 Å². The molecule has 3 nitrogen and oxygen atoms in total. The highest BCUT2D eigenvalue weighted by Crippen LogP contribution is 2.26. The van der Waals surface area contributed by atoms with Crippen molar-refractivity contribution in [1.82, 2.24) is 4.98 Å². The first-order valence-electron chi connectivity index (χ1n) is 3.36. The van der Waals surface area contributed by atoms with E-state index < -0.39 is 0 Å². The zero-order chi connectivity index (χ0) is 8.43. The Bertz CT molecular complexity index is 271. The van der Waals surface area contributed by atoms with Crippen molar-refractivity contribution in [3.05, 3.63) is 17.3 Å². The van der Waals surface area contributed by atoms with Crippen LogP contribution in [0.5, 0.6) is 11.6 Å². The molecule has 0 aromatic carbocycles. The molecule has 1 aromatic heterocycles. The zero-order valence-electron chi connectivity index (χ0n) is 6.88. The first-order valence-corrected chi connectivity index (χ1v) is 3.36. The Balaban J connectivity index is 0.00000121. The van der Waals surface area contributed by atoms with Crippen LogP contribution in [0, 0.1) is 13.8 Å². The minimum Gasteiger partial charge on any atom is -0.496 e. The van der Waals surface area contributed by atoms with Gasteiger partial charge in [-0.15, -0.1) is 0 Å². The predicted octanol–water partition coefficient (Wildman–Crippen LogP) is 2.05. The number of hydrogen-bond donors (Lipinski definition) is 1. The van der Waals surface area contributed by atoms with Crippen molar-refractivity contribution in [2.24, 2.45) is 0 Å². The summed E-state index contributed by atoms with van der Waals surface area (Å²) in [5, 5.41) is 9.16. The maximum Gasteiger partial charge on any atom is 0.217 e. The number of hydrogen-bond acceptors (Lipinski definition) is 3. The lowest BCUT2D eigenvalue weighted by Crippen LogP contribution is -1.92. The summed E-state index contributed by atoms with van der Waals surface area (Å²) in [6.45, 7) is 3.66. The van der Waals surface area contributed by atoms with Crippen LogP contribution in [0.15, 0.2) is 6.20 Å². The van der Waals surface area contributed by atoms with E-state index in [1.165, 1.54) is 0 Å². The lowest BCUT2D eigenvalue weighted by molar-refractivity contribution is 0.394. The highest BCUT2D eigenvalue weighted by atomic mass is 16.5. The third kappa shape index (κ3) is 1.67. The number of aryl methyl sites for hydroxylation is 1. The zero-order valence-corrected chi connectivity index (χ0v) is 6.88. The van der Waals surface area contributed by atoms with Crippen LogP contribution in [0.2, 0.25) is 0 Å². The molecule has 0 bridgehead atoms. The van der Waals surface area contributed by atoms with E-state index in [1.807, 2.05) is 6.92 Å². The first-order chi connectivity index (χ1) is 5.16. The molecule has 12 heavy (non-hydrogen) atoms. The van der Waals surface area contributed by atoms with E-state index in [4.69, 9.17) is 9.84 Å². The number of aromatic hydroxyl groups is 1. The summed E-state index contributed by atoms with van der Waals surface area (Å²) < 4.78 is 5.06. The second-order valence-electron chi connectivity index (χ2n) is 2.42. The average Bonchev–Trinajstić information content (AvgIpc) is 1.99. The van der Waals surface area contributed by atoms with Crippen LogP contribution in [0.1, 0.15) is 18.6 Å². The van der Waals surface area contributed by atoms with Gasteiger partial charge in [0.1, 0.15) is 5.75 Å². The molecule has 0 saturated carbocycles. The molecule has 0 aliphatic heterocycles. The van der Waals surface area contributed by atoms with Crippen molar-refractivity contribution in [2.45, 2.75) is 21.3 Å². The molecule has 0 unspecified atom stereocenters. The molecule has 0 aliphatic carbocycles. The fraction of sp³-hybridized carbons (Fsp3) is 0.444. The fourth-order valence-corrected chi connectivity index (χ4v) is 1.02. The normalized spacial score (nSPS) is 8.92. The number of aromatic nitrogens is 1. The van der Waals surface area contributed by atoms with Crippen LogP contribution in [0.3, 0.4) is 0 Å². The maximum atomic E-state index is 9.16. The highest BCUT2D eigenvalue weighted by molar-refractivity contribution is 5.43. The van der Waals surface area contributed by atoms with Crippen LogP contribution in [0.25, 0.3) is 0 Å². The summed E-state index contributed by atoms with van der Waals surface area (Å²) in [5.41, 5.74) is 1.62. The lowest BCUT2D eigenvalue weighted by atomic mass is 10.2. The van der Waals surface area contributed by atoms with Gasteiger partial charge in [0.05, 0.1) is 12.7 Å². The number of methoxy groups -OCH3 is 1. The van der Waals surface area contributed by atoms with E-state index in [2.05, 4.69) is 4.98 Å². The van der Waals surface area contributed by atoms with Gasteiger partial charge in [0.25, 0.3) is 0 Å². The van der Waals surface area contributed by atoms with Crippen LogP contribution in [-0.2, 0) is 0 Å². The molecule has 0 radical (unpaired) electrons. The van der Waals surface area contributed by atoms with Gasteiger partial charge in [-0.25, -0.2) is 4.98 Å². The van der Waals surface area contributed by atoms with Crippen molar-refractivity contribution in [3.63, 3.8) is 0 Å². The van der Waals surface area contributed by atoms with Gasteiger partial charge in [-0.05, 0) is 13.8 Å². The topological polar surface area (TPSA) is 42.4 Å². The monoisotopic (exact) mass is 169 g/mol. The van der Waals surface area contributed by atoms with Crippen molar-refractivity contribution in [1.29, 1.82) is 0 Å². The lowest BCUT2D eigenvalue weighted by Gasteiger charge is -2.07. The summed E-state index contributed by atoms with van der Waals surface area (Å²) in [6.07, 6.45) is 1.58. The standard InChI is InChI=1S/C8H11NO2.CH4/c1-5-4-9-8(10)6(2)7(5)11-3;/h4H,1-3H3,(H,9,10);1H4. The number of ether oxygens (including phenoxy) is 1. The summed E-state index contributed by atoms with van der Waals surface area (Å²) in [5.74, 6) is 0.741. The van der Waals surface area contributed by atoms with Gasteiger partial charge in [0.2, 0.25) is 5.88 Å². The van der Waals surface area contributed by atoms with E-state index >= 15 is 0 Å². The molecule has 0 spiro atoms. The minimum atomic E-state index is 0. The second kappa shape index (κ2) is 3.95. The van der Waals surface area contributed by atoms with Gasteiger partial charge >= 0.3 is 0 Å². The molecule has 1 aromatic rings. The second-order valence-corrected chi connectivity index (χ2v) is 2.42. The Hall–Kier alpha value is -1.25. The molecular weight excluding hydrogens is 154 g/mol. The molecule has 0 saturated heterocycles. The molecule has 0 aliphatic rings. The molecule has 0 fully saturated rings. The van der Waals surface area contributed by atoms with Crippen LogP contribution >= 0.6 is 0 Å². The Morgan fingerprint density at radius 3 is 2.42 bits per heavy atom. The summed E-state index contributed by atoms with van der Waals surface area (Å²) in [6, 6.07) is 0. The largest absolute Gasteiger partial charge is 0.496 e. The number of pyridine rings is 1. The van der Waals surface area contributed by atoms with E-state index in [0.717, 1.165) is 5.56 Å².